The van der Waals surface area contributed by atoms with Gasteiger partial charge in [-0.1, -0.05) is 36.4 Å². The van der Waals surface area contributed by atoms with E-state index in [0.717, 1.165) is 11.1 Å². The molecular formula is C19H19N3O3. The Balaban J connectivity index is 1.61. The maximum absolute atomic E-state index is 12.4. The minimum Gasteiger partial charge on any atom is -0.392 e. The summed E-state index contributed by atoms with van der Waals surface area (Å²) in [6, 6.07) is 14.5. The van der Waals surface area contributed by atoms with Crippen LogP contribution >= 0.6 is 0 Å². The van der Waals surface area contributed by atoms with Gasteiger partial charge >= 0.3 is 0 Å². The number of carbonyl (C=O) groups excluding carboxylic acids is 1. The van der Waals surface area contributed by atoms with Crippen molar-refractivity contribution in [3.63, 3.8) is 0 Å². The van der Waals surface area contributed by atoms with Crippen LogP contribution in [0.4, 0.5) is 0 Å². The van der Waals surface area contributed by atoms with Crippen molar-refractivity contribution in [1.29, 1.82) is 0 Å². The van der Waals surface area contributed by atoms with Gasteiger partial charge in [0, 0.05) is 19.5 Å². The van der Waals surface area contributed by atoms with E-state index in [-0.39, 0.29) is 31.0 Å². The third kappa shape index (κ3) is 3.92. The predicted molar refractivity (Wildman–Crippen MR) is 94.8 cm³/mol. The van der Waals surface area contributed by atoms with E-state index in [1.54, 1.807) is 18.2 Å². The SMILES string of the molecule is O=C(CCn1cnc2ccccc2c1=O)NCc1ccccc1CO. The number of aliphatic hydroxyl groups is 1. The highest BCUT2D eigenvalue weighted by Crippen LogP contribution is 2.08. The Morgan fingerprint density at radius 1 is 1.08 bits per heavy atom. The molecule has 128 valence electrons. The summed E-state index contributed by atoms with van der Waals surface area (Å²) < 4.78 is 1.45. The van der Waals surface area contributed by atoms with Crippen molar-refractivity contribution >= 4 is 16.8 Å². The quantitative estimate of drug-likeness (QED) is 0.715. The zero-order valence-electron chi connectivity index (χ0n) is 13.7. The van der Waals surface area contributed by atoms with Gasteiger partial charge in [0.25, 0.3) is 5.56 Å². The average molecular weight is 337 g/mol. The highest BCUT2D eigenvalue weighted by atomic mass is 16.3. The first kappa shape index (κ1) is 16.9. The molecule has 0 aliphatic heterocycles. The zero-order valence-corrected chi connectivity index (χ0v) is 13.7. The number of para-hydroxylation sites is 1. The highest BCUT2D eigenvalue weighted by molar-refractivity contribution is 5.77. The van der Waals surface area contributed by atoms with Gasteiger partial charge in [0.15, 0.2) is 0 Å². The third-order valence-corrected chi connectivity index (χ3v) is 4.08. The molecular weight excluding hydrogens is 318 g/mol. The van der Waals surface area contributed by atoms with Gasteiger partial charge in [0.1, 0.15) is 0 Å². The molecule has 1 amide bonds. The number of aromatic nitrogens is 2. The molecule has 25 heavy (non-hydrogen) atoms. The molecule has 0 unspecified atom stereocenters. The molecule has 0 saturated carbocycles. The fourth-order valence-corrected chi connectivity index (χ4v) is 2.65. The van der Waals surface area contributed by atoms with Crippen LogP contribution < -0.4 is 10.9 Å². The first-order valence-electron chi connectivity index (χ1n) is 8.07. The summed E-state index contributed by atoms with van der Waals surface area (Å²) in [6.07, 6.45) is 1.65. The fourth-order valence-electron chi connectivity index (χ4n) is 2.65. The Morgan fingerprint density at radius 2 is 1.80 bits per heavy atom. The molecule has 1 heterocycles. The summed E-state index contributed by atoms with van der Waals surface area (Å²) in [4.78, 5) is 28.7. The average Bonchev–Trinajstić information content (AvgIpc) is 2.66. The Morgan fingerprint density at radius 3 is 2.60 bits per heavy atom. The largest absolute Gasteiger partial charge is 0.392 e. The van der Waals surface area contributed by atoms with E-state index >= 15 is 0 Å². The van der Waals surface area contributed by atoms with E-state index in [2.05, 4.69) is 10.3 Å². The third-order valence-electron chi connectivity index (χ3n) is 4.08. The van der Waals surface area contributed by atoms with Crippen molar-refractivity contribution in [2.45, 2.75) is 26.1 Å². The van der Waals surface area contributed by atoms with Gasteiger partial charge in [-0.05, 0) is 23.3 Å². The molecule has 0 saturated heterocycles. The minimum atomic E-state index is -0.159. The lowest BCUT2D eigenvalue weighted by molar-refractivity contribution is -0.121. The molecule has 0 atom stereocenters. The lowest BCUT2D eigenvalue weighted by atomic mass is 10.1. The molecule has 0 spiro atoms. The Bertz CT molecular complexity index is 950. The molecule has 3 aromatic rings. The lowest BCUT2D eigenvalue weighted by Gasteiger charge is -2.10. The van der Waals surface area contributed by atoms with Crippen molar-refractivity contribution in [1.82, 2.24) is 14.9 Å². The predicted octanol–water partition coefficient (Wildman–Crippen LogP) is 1.60. The maximum Gasteiger partial charge on any atom is 0.261 e. The fraction of sp³-hybridized carbons (Fsp3) is 0.211. The number of rotatable bonds is 6. The Kier molecular flexibility index (Phi) is 5.20. The van der Waals surface area contributed by atoms with Gasteiger partial charge in [-0.3, -0.25) is 14.2 Å². The standard InChI is InChI=1S/C19H19N3O3/c23-12-15-6-2-1-5-14(15)11-20-18(24)9-10-22-13-21-17-8-4-3-7-16(17)19(22)25/h1-8,13,23H,9-12H2,(H,20,24). The van der Waals surface area contributed by atoms with Crippen molar-refractivity contribution in [2.75, 3.05) is 0 Å². The number of hydrogen-bond donors (Lipinski definition) is 2. The molecule has 3 rings (SSSR count). The van der Waals surface area contributed by atoms with Gasteiger partial charge < -0.3 is 10.4 Å². The first-order chi connectivity index (χ1) is 12.2. The monoisotopic (exact) mass is 337 g/mol. The number of nitrogens with zero attached hydrogens (tertiary/aromatic N) is 2. The van der Waals surface area contributed by atoms with Crippen LogP contribution in [0, 0.1) is 0 Å². The van der Waals surface area contributed by atoms with Crippen molar-refractivity contribution in [2.24, 2.45) is 0 Å². The van der Waals surface area contributed by atoms with E-state index < -0.39 is 0 Å². The van der Waals surface area contributed by atoms with E-state index in [1.165, 1.54) is 10.9 Å². The van der Waals surface area contributed by atoms with Crippen LogP contribution in [0.25, 0.3) is 10.9 Å². The number of aliphatic hydroxyl groups excluding tert-OH is 1. The topological polar surface area (TPSA) is 84.2 Å². The summed E-state index contributed by atoms with van der Waals surface area (Å²) in [7, 11) is 0. The maximum atomic E-state index is 12.4. The van der Waals surface area contributed by atoms with Gasteiger partial charge in [0.05, 0.1) is 23.8 Å². The summed E-state index contributed by atoms with van der Waals surface area (Å²) in [6.45, 7) is 0.550. The molecule has 0 aliphatic rings. The smallest absolute Gasteiger partial charge is 0.261 e. The van der Waals surface area contributed by atoms with Gasteiger partial charge in [-0.15, -0.1) is 0 Å². The summed E-state index contributed by atoms with van der Waals surface area (Å²) in [5.74, 6) is -0.159. The zero-order chi connectivity index (χ0) is 17.6. The van der Waals surface area contributed by atoms with Gasteiger partial charge in [-0.25, -0.2) is 4.98 Å². The van der Waals surface area contributed by atoms with E-state index in [9.17, 15) is 14.7 Å². The lowest BCUT2D eigenvalue weighted by Crippen LogP contribution is -2.27. The molecule has 0 bridgehead atoms. The Hall–Kier alpha value is -2.99. The van der Waals surface area contributed by atoms with Crippen LogP contribution in [0.2, 0.25) is 0 Å². The minimum absolute atomic E-state index is 0.0653. The number of carbonyl (C=O) groups is 1. The summed E-state index contributed by atoms with van der Waals surface area (Å²) >= 11 is 0. The molecule has 1 aromatic heterocycles. The molecule has 6 nitrogen and oxygen atoms in total. The van der Waals surface area contributed by atoms with Crippen LogP contribution in [-0.4, -0.2) is 20.6 Å². The number of aryl methyl sites for hydroxylation is 1. The molecule has 0 radical (unpaired) electrons. The van der Waals surface area contributed by atoms with Crippen molar-refractivity contribution in [3.05, 3.63) is 76.3 Å². The summed E-state index contributed by atoms with van der Waals surface area (Å²) in [5, 5.41) is 12.7. The van der Waals surface area contributed by atoms with Crippen LogP contribution in [0.15, 0.2) is 59.7 Å². The van der Waals surface area contributed by atoms with E-state index in [0.29, 0.717) is 17.4 Å². The second kappa shape index (κ2) is 7.72. The van der Waals surface area contributed by atoms with Crippen LogP contribution in [-0.2, 0) is 24.5 Å². The van der Waals surface area contributed by atoms with E-state index in [4.69, 9.17) is 0 Å². The molecule has 2 aromatic carbocycles. The first-order valence-corrected chi connectivity index (χ1v) is 8.07. The Labute approximate surface area is 144 Å². The molecule has 0 aliphatic carbocycles. The number of amides is 1. The van der Waals surface area contributed by atoms with Gasteiger partial charge in [-0.2, -0.15) is 0 Å². The summed E-state index contributed by atoms with van der Waals surface area (Å²) in [5.41, 5.74) is 2.17. The number of nitrogens with one attached hydrogen (secondary N) is 1. The number of fused-ring (bicyclic) bond motifs is 1. The number of benzene rings is 2. The molecule has 0 fully saturated rings. The molecule has 6 heteroatoms. The van der Waals surface area contributed by atoms with Crippen molar-refractivity contribution in [3.8, 4) is 0 Å². The second-order valence-electron chi connectivity index (χ2n) is 5.71. The highest BCUT2D eigenvalue weighted by Gasteiger charge is 2.07. The van der Waals surface area contributed by atoms with E-state index in [1.807, 2.05) is 30.3 Å². The van der Waals surface area contributed by atoms with Crippen LogP contribution in [0.1, 0.15) is 17.5 Å². The van der Waals surface area contributed by atoms with Crippen LogP contribution in [0.5, 0.6) is 0 Å². The molecule has 2 N–H and O–H groups in total. The normalized spacial score (nSPS) is 10.8. The second-order valence-corrected chi connectivity index (χ2v) is 5.71. The van der Waals surface area contributed by atoms with Gasteiger partial charge in [0.2, 0.25) is 5.91 Å². The number of hydrogen-bond acceptors (Lipinski definition) is 4. The van der Waals surface area contributed by atoms with Crippen LogP contribution in [0.3, 0.4) is 0 Å². The van der Waals surface area contributed by atoms with Crippen molar-refractivity contribution < 1.29 is 9.90 Å².